The van der Waals surface area contributed by atoms with Crippen LogP contribution in [0.25, 0.3) is 11.0 Å². The molecule has 1 aromatic heterocycles. The van der Waals surface area contributed by atoms with E-state index in [1.807, 2.05) is 31.2 Å². The van der Waals surface area contributed by atoms with Gasteiger partial charge in [0, 0.05) is 5.75 Å². The molecule has 3 aromatic rings. The summed E-state index contributed by atoms with van der Waals surface area (Å²) in [4.78, 5) is 9.19. The standard InChI is InChI=1S/C18H16F2N2O2S/c1-11-17(22-14-6-4-3-5-13(14)21-11)25-10-12-7-8-15(24-18(19)20)16(9-12)23-2/h3-9,18H,10H2,1-2H3. The molecule has 0 atom stereocenters. The number of aromatic nitrogens is 2. The summed E-state index contributed by atoms with van der Waals surface area (Å²) in [6.07, 6.45) is 0. The van der Waals surface area contributed by atoms with Gasteiger partial charge in [0.15, 0.2) is 11.5 Å². The van der Waals surface area contributed by atoms with Crippen LogP contribution >= 0.6 is 11.8 Å². The van der Waals surface area contributed by atoms with E-state index < -0.39 is 6.61 Å². The lowest BCUT2D eigenvalue weighted by Crippen LogP contribution is -2.03. The summed E-state index contributed by atoms with van der Waals surface area (Å²) >= 11 is 1.54. The predicted octanol–water partition coefficient (Wildman–Crippen LogP) is 4.84. The van der Waals surface area contributed by atoms with Gasteiger partial charge in [-0.3, -0.25) is 0 Å². The van der Waals surface area contributed by atoms with Crippen LogP contribution in [0.2, 0.25) is 0 Å². The highest BCUT2D eigenvalue weighted by Gasteiger charge is 2.12. The van der Waals surface area contributed by atoms with Crippen LogP contribution in [0.15, 0.2) is 47.5 Å². The zero-order chi connectivity index (χ0) is 17.8. The highest BCUT2D eigenvalue weighted by atomic mass is 32.2. The molecule has 0 bridgehead atoms. The fourth-order valence-electron chi connectivity index (χ4n) is 2.36. The molecule has 7 heteroatoms. The number of hydrogen-bond donors (Lipinski definition) is 0. The number of thioether (sulfide) groups is 1. The number of nitrogens with zero attached hydrogens (tertiary/aromatic N) is 2. The molecule has 4 nitrogen and oxygen atoms in total. The largest absolute Gasteiger partial charge is 0.493 e. The zero-order valence-corrected chi connectivity index (χ0v) is 14.5. The molecule has 0 radical (unpaired) electrons. The lowest BCUT2D eigenvalue weighted by molar-refractivity contribution is -0.0512. The second-order valence-corrected chi connectivity index (χ2v) is 6.22. The zero-order valence-electron chi connectivity index (χ0n) is 13.7. The first-order chi connectivity index (χ1) is 12.1. The molecule has 0 aliphatic rings. The number of fused-ring (bicyclic) bond motifs is 1. The molecule has 0 unspecified atom stereocenters. The Bertz CT molecular complexity index is 890. The van der Waals surface area contributed by atoms with Gasteiger partial charge in [0.05, 0.1) is 23.8 Å². The summed E-state index contributed by atoms with van der Waals surface area (Å²) in [5.41, 5.74) is 3.47. The number of methoxy groups -OCH3 is 1. The topological polar surface area (TPSA) is 44.2 Å². The van der Waals surface area contributed by atoms with Crippen molar-refractivity contribution in [3.63, 3.8) is 0 Å². The van der Waals surface area contributed by atoms with Crippen molar-refractivity contribution in [2.45, 2.75) is 24.3 Å². The van der Waals surface area contributed by atoms with Crippen molar-refractivity contribution in [2.75, 3.05) is 7.11 Å². The van der Waals surface area contributed by atoms with Gasteiger partial charge < -0.3 is 9.47 Å². The van der Waals surface area contributed by atoms with E-state index in [4.69, 9.17) is 4.74 Å². The average Bonchev–Trinajstić information content (AvgIpc) is 2.60. The van der Waals surface area contributed by atoms with E-state index in [0.29, 0.717) is 5.75 Å². The van der Waals surface area contributed by atoms with Crippen LogP contribution in [0.1, 0.15) is 11.3 Å². The van der Waals surface area contributed by atoms with Crippen LogP contribution in [0.5, 0.6) is 11.5 Å². The van der Waals surface area contributed by atoms with E-state index >= 15 is 0 Å². The first-order valence-electron chi connectivity index (χ1n) is 7.54. The van der Waals surface area contributed by atoms with Crippen LogP contribution < -0.4 is 9.47 Å². The predicted molar refractivity (Wildman–Crippen MR) is 93.5 cm³/mol. The molecule has 0 aliphatic heterocycles. The van der Waals surface area contributed by atoms with Crippen molar-refractivity contribution in [1.29, 1.82) is 0 Å². The molecular weight excluding hydrogens is 346 g/mol. The lowest BCUT2D eigenvalue weighted by atomic mass is 10.2. The number of benzene rings is 2. The molecular formula is C18H16F2N2O2S. The summed E-state index contributed by atoms with van der Waals surface area (Å²) in [5.74, 6) is 0.909. The SMILES string of the molecule is COc1cc(CSc2nc3ccccc3nc2C)ccc1OC(F)F. The molecule has 0 amide bonds. The second-order valence-electron chi connectivity index (χ2n) is 5.26. The van der Waals surface area contributed by atoms with Crippen molar-refractivity contribution in [2.24, 2.45) is 0 Å². The van der Waals surface area contributed by atoms with Crippen molar-refractivity contribution < 1.29 is 18.3 Å². The second kappa shape index (κ2) is 7.65. The molecule has 0 saturated carbocycles. The molecule has 1 heterocycles. The van der Waals surface area contributed by atoms with Crippen LogP contribution in [-0.2, 0) is 5.75 Å². The van der Waals surface area contributed by atoms with Crippen LogP contribution in [0.3, 0.4) is 0 Å². The van der Waals surface area contributed by atoms with Gasteiger partial charge in [0.1, 0.15) is 5.03 Å². The average molecular weight is 362 g/mol. The fraction of sp³-hybridized carbons (Fsp3) is 0.222. The Hall–Kier alpha value is -2.41. The van der Waals surface area contributed by atoms with Gasteiger partial charge in [-0.1, -0.05) is 30.0 Å². The number of ether oxygens (including phenoxy) is 2. The molecule has 0 N–H and O–H groups in total. The number of hydrogen-bond acceptors (Lipinski definition) is 5. The third-order valence-corrected chi connectivity index (χ3v) is 4.66. The summed E-state index contributed by atoms with van der Waals surface area (Å²) in [6, 6.07) is 12.6. The first kappa shape index (κ1) is 17.4. The van der Waals surface area contributed by atoms with E-state index in [1.165, 1.54) is 24.9 Å². The Kier molecular flexibility index (Phi) is 5.33. The molecule has 25 heavy (non-hydrogen) atoms. The maximum absolute atomic E-state index is 12.4. The van der Waals surface area contributed by atoms with Gasteiger partial charge in [0.25, 0.3) is 0 Å². The monoisotopic (exact) mass is 362 g/mol. The maximum Gasteiger partial charge on any atom is 0.387 e. The Morgan fingerprint density at radius 2 is 1.76 bits per heavy atom. The van der Waals surface area contributed by atoms with E-state index in [1.54, 1.807) is 12.1 Å². The first-order valence-corrected chi connectivity index (χ1v) is 8.53. The normalized spacial score (nSPS) is 11.1. The van der Waals surface area contributed by atoms with Gasteiger partial charge in [-0.25, -0.2) is 9.97 Å². The number of rotatable bonds is 6. The van der Waals surface area contributed by atoms with E-state index in [9.17, 15) is 8.78 Å². The number of halogens is 2. The third kappa shape index (κ3) is 4.17. The highest BCUT2D eigenvalue weighted by molar-refractivity contribution is 7.98. The number of alkyl halides is 2. The van der Waals surface area contributed by atoms with Crippen LogP contribution in [-0.4, -0.2) is 23.7 Å². The van der Waals surface area contributed by atoms with Gasteiger partial charge in [-0.2, -0.15) is 8.78 Å². The number of para-hydroxylation sites is 2. The highest BCUT2D eigenvalue weighted by Crippen LogP contribution is 2.32. The fourth-order valence-corrected chi connectivity index (χ4v) is 3.26. The minimum absolute atomic E-state index is 0.0212. The van der Waals surface area contributed by atoms with Crippen molar-refractivity contribution >= 4 is 22.8 Å². The van der Waals surface area contributed by atoms with Gasteiger partial charge >= 0.3 is 6.61 Å². The van der Waals surface area contributed by atoms with E-state index in [-0.39, 0.29) is 11.5 Å². The van der Waals surface area contributed by atoms with Crippen molar-refractivity contribution in [3.8, 4) is 11.5 Å². The van der Waals surface area contributed by atoms with Crippen molar-refractivity contribution in [1.82, 2.24) is 9.97 Å². The van der Waals surface area contributed by atoms with Crippen LogP contribution in [0.4, 0.5) is 8.78 Å². The van der Waals surface area contributed by atoms with Crippen LogP contribution in [0, 0.1) is 6.92 Å². The molecule has 0 fully saturated rings. The Labute approximate surface area is 148 Å². The molecule has 0 aliphatic carbocycles. The van der Waals surface area contributed by atoms with E-state index in [2.05, 4.69) is 14.7 Å². The van der Waals surface area contributed by atoms with Crippen molar-refractivity contribution in [3.05, 3.63) is 53.7 Å². The van der Waals surface area contributed by atoms with Gasteiger partial charge in [-0.05, 0) is 36.8 Å². The smallest absolute Gasteiger partial charge is 0.387 e. The minimum Gasteiger partial charge on any atom is -0.493 e. The Balaban J connectivity index is 1.78. The minimum atomic E-state index is -2.88. The summed E-state index contributed by atoms with van der Waals surface area (Å²) in [6.45, 7) is -0.966. The molecule has 2 aromatic carbocycles. The molecule has 0 spiro atoms. The summed E-state index contributed by atoms with van der Waals surface area (Å²) in [5, 5.41) is 0.838. The Morgan fingerprint density at radius 1 is 1.04 bits per heavy atom. The lowest BCUT2D eigenvalue weighted by Gasteiger charge is -2.11. The maximum atomic E-state index is 12.4. The third-order valence-electron chi connectivity index (χ3n) is 3.52. The Morgan fingerprint density at radius 3 is 2.44 bits per heavy atom. The number of aryl methyl sites for hydroxylation is 1. The molecule has 3 rings (SSSR count). The summed E-state index contributed by atoms with van der Waals surface area (Å²) in [7, 11) is 1.42. The van der Waals surface area contributed by atoms with Gasteiger partial charge in [-0.15, -0.1) is 0 Å². The van der Waals surface area contributed by atoms with E-state index in [0.717, 1.165) is 27.3 Å². The van der Waals surface area contributed by atoms with Gasteiger partial charge in [0.2, 0.25) is 0 Å². The summed E-state index contributed by atoms with van der Waals surface area (Å²) < 4.78 is 34.3. The quantitative estimate of drug-likeness (QED) is 0.587. The molecule has 0 saturated heterocycles. The molecule has 130 valence electrons.